The number of rotatable bonds is 11. The van der Waals surface area contributed by atoms with E-state index < -0.39 is 40.9 Å². The molecule has 2 aromatic carbocycles. The summed E-state index contributed by atoms with van der Waals surface area (Å²) in [5, 5.41) is 8.94. The molecule has 4 rings (SSSR count). The third kappa shape index (κ3) is 7.44. The van der Waals surface area contributed by atoms with E-state index in [1.165, 1.54) is 34.5 Å². The van der Waals surface area contributed by atoms with Gasteiger partial charge in [-0.25, -0.2) is 9.37 Å². The molecule has 0 radical (unpaired) electrons. The van der Waals surface area contributed by atoms with Crippen LogP contribution in [0.25, 0.3) is 11.1 Å². The number of alkyl halides is 3. The second kappa shape index (κ2) is 12.1. The molecule has 12 heteroatoms. The summed E-state index contributed by atoms with van der Waals surface area (Å²) in [5.74, 6) is -4.29. The molecule has 0 fully saturated rings. The van der Waals surface area contributed by atoms with Crippen molar-refractivity contribution in [3.05, 3.63) is 94.5 Å². The molecule has 0 aliphatic rings. The van der Waals surface area contributed by atoms with Crippen LogP contribution in [0.1, 0.15) is 22.6 Å². The Labute approximate surface area is 224 Å². The summed E-state index contributed by atoms with van der Waals surface area (Å²) in [4.78, 5) is 42.5. The van der Waals surface area contributed by atoms with Crippen LogP contribution in [0.3, 0.4) is 0 Å². The van der Waals surface area contributed by atoms with Crippen LogP contribution in [0.15, 0.2) is 72.5 Å². The fourth-order valence-electron chi connectivity index (χ4n) is 3.97. The summed E-state index contributed by atoms with van der Waals surface area (Å²) in [7, 11) is 0. The lowest BCUT2D eigenvalue weighted by molar-refractivity contribution is -0.141. The molecule has 1 N–H and O–H groups in total. The normalized spacial score (nSPS) is 12.2. The van der Waals surface area contributed by atoms with E-state index in [2.05, 4.69) is 15.4 Å². The van der Waals surface area contributed by atoms with E-state index in [-0.39, 0.29) is 37.1 Å². The minimum absolute atomic E-state index is 0.0801. The number of benzene rings is 2. The molecule has 7 nitrogen and oxygen atoms in total. The number of halogens is 4. The van der Waals surface area contributed by atoms with E-state index in [9.17, 15) is 31.9 Å². The van der Waals surface area contributed by atoms with Gasteiger partial charge in [0.1, 0.15) is 10.8 Å². The SMILES string of the molecule is O=C(C[C@H](Cc1ccccc1)C(=O)C(=O)NCc1nccs1)Cn1cc(-c2ccc(F)c(C(F)(F)F)c2)cn1. The van der Waals surface area contributed by atoms with Crippen LogP contribution in [0, 0.1) is 11.7 Å². The number of hydrogen-bond acceptors (Lipinski definition) is 6. The molecule has 0 aliphatic heterocycles. The van der Waals surface area contributed by atoms with Gasteiger partial charge in [-0.1, -0.05) is 36.4 Å². The number of nitrogens with one attached hydrogen (secondary N) is 1. The van der Waals surface area contributed by atoms with E-state index in [1.807, 2.05) is 0 Å². The fourth-order valence-corrected chi connectivity index (χ4v) is 4.52. The van der Waals surface area contributed by atoms with Crippen molar-refractivity contribution >= 4 is 28.8 Å². The highest BCUT2D eigenvalue weighted by Gasteiger charge is 2.34. The molecule has 202 valence electrons. The molecule has 1 atom stereocenters. The third-order valence-corrected chi connectivity index (χ3v) is 6.63. The molecule has 1 amide bonds. The van der Waals surface area contributed by atoms with Gasteiger partial charge in [0.05, 0.1) is 24.8 Å². The monoisotopic (exact) mass is 558 g/mol. The lowest BCUT2D eigenvalue weighted by atomic mass is 9.90. The average molecular weight is 559 g/mol. The number of thiazole rings is 1. The van der Waals surface area contributed by atoms with Crippen molar-refractivity contribution in [3.8, 4) is 11.1 Å². The van der Waals surface area contributed by atoms with Crippen molar-refractivity contribution in [2.24, 2.45) is 5.92 Å². The summed E-state index contributed by atoms with van der Waals surface area (Å²) < 4.78 is 54.1. The molecular weight excluding hydrogens is 536 g/mol. The van der Waals surface area contributed by atoms with Crippen molar-refractivity contribution in [2.45, 2.75) is 32.1 Å². The topological polar surface area (TPSA) is 94.0 Å². The molecule has 2 heterocycles. The molecule has 0 unspecified atom stereocenters. The Morgan fingerprint density at radius 1 is 1.05 bits per heavy atom. The van der Waals surface area contributed by atoms with Crippen molar-refractivity contribution in [1.29, 1.82) is 0 Å². The molecule has 2 aromatic heterocycles. The van der Waals surface area contributed by atoms with Gasteiger partial charge in [0.15, 0.2) is 5.78 Å². The zero-order valence-corrected chi connectivity index (χ0v) is 21.1. The highest BCUT2D eigenvalue weighted by molar-refractivity contribution is 7.09. The maximum atomic E-state index is 13.6. The first-order valence-electron chi connectivity index (χ1n) is 11.8. The standard InChI is InChI=1S/C27H22F4N4O3S/c28-23-7-6-18(12-22(23)27(29,30)31)20-13-34-35(15-20)16-21(36)11-19(10-17-4-2-1-3-5-17)25(37)26(38)33-14-24-32-8-9-39-24/h1-9,12-13,15,19H,10-11,14,16H2,(H,33,38)/t19-/m0/s1. The van der Waals surface area contributed by atoms with E-state index in [0.29, 0.717) is 11.1 Å². The Bertz CT molecular complexity index is 1450. The molecule has 0 saturated carbocycles. The van der Waals surface area contributed by atoms with Crippen molar-refractivity contribution in [1.82, 2.24) is 20.1 Å². The first kappa shape index (κ1) is 27.8. The number of nitrogens with zero attached hydrogens (tertiary/aromatic N) is 3. The molecule has 39 heavy (non-hydrogen) atoms. The molecular formula is C27H22F4N4O3S. The minimum Gasteiger partial charge on any atom is -0.343 e. The Morgan fingerprint density at radius 3 is 2.51 bits per heavy atom. The summed E-state index contributed by atoms with van der Waals surface area (Å²) in [5.41, 5.74) is -0.294. The molecule has 0 spiro atoms. The molecule has 0 bridgehead atoms. The maximum absolute atomic E-state index is 13.6. The van der Waals surface area contributed by atoms with E-state index in [0.717, 1.165) is 11.6 Å². The van der Waals surface area contributed by atoms with Gasteiger partial charge in [-0.3, -0.25) is 19.1 Å². The number of Topliss-reactive ketones (excluding diaryl/α,β-unsaturated/α-hetero) is 2. The quantitative estimate of drug-likeness (QED) is 0.210. The van der Waals surface area contributed by atoms with Gasteiger partial charge in [-0.2, -0.15) is 18.3 Å². The van der Waals surface area contributed by atoms with Crippen LogP contribution in [0.5, 0.6) is 0 Å². The zero-order valence-electron chi connectivity index (χ0n) is 20.3. The molecule has 0 aliphatic carbocycles. The van der Waals surface area contributed by atoms with Crippen molar-refractivity contribution in [2.75, 3.05) is 0 Å². The van der Waals surface area contributed by atoms with Crippen molar-refractivity contribution < 1.29 is 31.9 Å². The summed E-state index contributed by atoms with van der Waals surface area (Å²) in [6.45, 7) is -0.184. The van der Waals surface area contributed by atoms with Gasteiger partial charge in [0.2, 0.25) is 5.78 Å². The van der Waals surface area contributed by atoms with E-state index in [4.69, 9.17) is 0 Å². The number of carbonyl (C=O) groups excluding carboxylic acids is 3. The number of aromatic nitrogens is 3. The Morgan fingerprint density at radius 2 is 1.82 bits per heavy atom. The van der Waals surface area contributed by atoms with Crippen molar-refractivity contribution in [3.63, 3.8) is 0 Å². The Kier molecular flexibility index (Phi) is 8.65. The van der Waals surface area contributed by atoms with Crippen LogP contribution in [0.2, 0.25) is 0 Å². The van der Waals surface area contributed by atoms with Crippen LogP contribution < -0.4 is 5.32 Å². The van der Waals surface area contributed by atoms with Gasteiger partial charge >= 0.3 is 6.18 Å². The van der Waals surface area contributed by atoms with Gasteiger partial charge in [-0.15, -0.1) is 11.3 Å². The fraction of sp³-hybridized carbons (Fsp3) is 0.222. The minimum atomic E-state index is -4.86. The summed E-state index contributed by atoms with van der Waals surface area (Å²) in [6, 6.07) is 11.5. The average Bonchev–Trinajstić information content (AvgIpc) is 3.59. The number of amides is 1. The zero-order chi connectivity index (χ0) is 28.0. The predicted molar refractivity (Wildman–Crippen MR) is 135 cm³/mol. The Hall–Kier alpha value is -4.19. The number of ketones is 2. The highest BCUT2D eigenvalue weighted by atomic mass is 32.1. The summed E-state index contributed by atoms with van der Waals surface area (Å²) >= 11 is 1.33. The first-order chi connectivity index (χ1) is 18.6. The summed E-state index contributed by atoms with van der Waals surface area (Å²) in [6.07, 6.45) is -0.742. The third-order valence-electron chi connectivity index (χ3n) is 5.85. The van der Waals surface area contributed by atoms with Gasteiger partial charge in [0, 0.05) is 35.7 Å². The number of hydrogen-bond donors (Lipinski definition) is 1. The van der Waals surface area contributed by atoms with Gasteiger partial charge < -0.3 is 5.32 Å². The first-order valence-corrected chi connectivity index (χ1v) is 12.6. The lowest BCUT2D eigenvalue weighted by Crippen LogP contribution is -2.37. The van der Waals surface area contributed by atoms with Crippen LogP contribution in [-0.2, 0) is 40.1 Å². The number of carbonyl (C=O) groups is 3. The van der Waals surface area contributed by atoms with E-state index >= 15 is 0 Å². The van der Waals surface area contributed by atoms with Gasteiger partial charge in [0.25, 0.3) is 5.91 Å². The second-order valence-corrected chi connectivity index (χ2v) is 9.70. The smallest absolute Gasteiger partial charge is 0.343 e. The van der Waals surface area contributed by atoms with E-state index in [1.54, 1.807) is 41.9 Å². The van der Waals surface area contributed by atoms with Crippen LogP contribution in [0.4, 0.5) is 17.6 Å². The lowest BCUT2D eigenvalue weighted by Gasteiger charge is -2.15. The largest absolute Gasteiger partial charge is 0.419 e. The second-order valence-electron chi connectivity index (χ2n) is 8.72. The Balaban J connectivity index is 1.45. The predicted octanol–water partition coefficient (Wildman–Crippen LogP) is 4.87. The molecule has 0 saturated heterocycles. The highest BCUT2D eigenvalue weighted by Crippen LogP contribution is 2.34. The van der Waals surface area contributed by atoms with Crippen LogP contribution >= 0.6 is 11.3 Å². The molecule has 4 aromatic rings. The van der Waals surface area contributed by atoms with Crippen LogP contribution in [-0.4, -0.2) is 32.2 Å². The van der Waals surface area contributed by atoms with Gasteiger partial charge in [-0.05, 0) is 29.7 Å². The maximum Gasteiger partial charge on any atom is 0.419 e.